The Morgan fingerprint density at radius 3 is 2.71 bits per heavy atom. The summed E-state index contributed by atoms with van der Waals surface area (Å²) in [4.78, 5) is 6.47. The van der Waals surface area contributed by atoms with Gasteiger partial charge in [0.05, 0.1) is 0 Å². The van der Waals surface area contributed by atoms with E-state index in [1.54, 1.807) is 12.3 Å². The highest BCUT2D eigenvalue weighted by molar-refractivity contribution is 7.80. The van der Waals surface area contributed by atoms with Crippen LogP contribution in [0.4, 0.5) is 0 Å². The minimum absolute atomic E-state index is 0.0661. The molecule has 2 N–H and O–H groups in total. The average molecular weight is 253 g/mol. The third kappa shape index (κ3) is 3.64. The second-order valence-corrected chi connectivity index (χ2v) is 5.15. The maximum absolute atomic E-state index is 5.75. The molecule has 0 aliphatic heterocycles. The third-order valence-corrected chi connectivity index (χ3v) is 2.99. The lowest BCUT2D eigenvalue weighted by molar-refractivity contribution is 0.113. The quantitative estimate of drug-likeness (QED) is 0.805. The summed E-state index contributed by atoms with van der Waals surface area (Å²) in [5.74, 6) is 0.634. The lowest BCUT2D eigenvalue weighted by Crippen LogP contribution is -2.43. The maximum atomic E-state index is 5.75. The molecule has 0 unspecified atom stereocenters. The highest BCUT2D eigenvalue weighted by atomic mass is 32.1. The Bertz CT molecular complexity index is 404. The summed E-state index contributed by atoms with van der Waals surface area (Å²) < 4.78 is 5.75. The topological polar surface area (TPSA) is 51.4 Å². The van der Waals surface area contributed by atoms with Gasteiger partial charge in [-0.1, -0.05) is 12.2 Å². The van der Waals surface area contributed by atoms with Gasteiger partial charge in [0.1, 0.15) is 23.0 Å². The summed E-state index contributed by atoms with van der Waals surface area (Å²) in [5.41, 5.74) is 6.07. The van der Waals surface area contributed by atoms with Gasteiger partial charge in [0, 0.05) is 11.7 Å². The molecule has 17 heavy (non-hydrogen) atoms. The van der Waals surface area contributed by atoms with Crippen LogP contribution < -0.4 is 10.5 Å². The predicted molar refractivity (Wildman–Crippen MR) is 73.4 cm³/mol. The standard InChI is InChI=1S/C12H19N3OS/c1-12(2,15(3)4)8-16-9-6-5-7-14-10(9)11(13)17/h5-7H,8H2,1-4H3,(H2,13,17). The summed E-state index contributed by atoms with van der Waals surface area (Å²) in [6.07, 6.45) is 1.65. The fraction of sp³-hybridized carbons (Fsp3) is 0.500. The van der Waals surface area contributed by atoms with Crippen molar-refractivity contribution in [3.8, 4) is 5.75 Å². The van der Waals surface area contributed by atoms with Crippen molar-refractivity contribution in [1.29, 1.82) is 0 Å². The van der Waals surface area contributed by atoms with Crippen molar-refractivity contribution < 1.29 is 4.74 Å². The molecule has 1 rings (SSSR count). The second-order valence-electron chi connectivity index (χ2n) is 4.71. The van der Waals surface area contributed by atoms with Crippen LogP contribution in [-0.2, 0) is 0 Å². The minimum atomic E-state index is -0.0661. The Labute approximate surface area is 108 Å². The molecule has 0 amide bonds. The molecular formula is C12H19N3OS. The lowest BCUT2D eigenvalue weighted by Gasteiger charge is -2.32. The van der Waals surface area contributed by atoms with E-state index in [4.69, 9.17) is 22.7 Å². The first-order chi connectivity index (χ1) is 7.84. The van der Waals surface area contributed by atoms with Crippen molar-refractivity contribution >= 4 is 17.2 Å². The van der Waals surface area contributed by atoms with E-state index in [1.807, 2.05) is 20.2 Å². The number of pyridine rings is 1. The van der Waals surface area contributed by atoms with Gasteiger partial charge in [0.2, 0.25) is 0 Å². The molecule has 0 saturated heterocycles. The van der Waals surface area contributed by atoms with Crippen molar-refractivity contribution in [1.82, 2.24) is 9.88 Å². The largest absolute Gasteiger partial charge is 0.489 e. The van der Waals surface area contributed by atoms with Gasteiger partial charge in [0.15, 0.2) is 0 Å². The molecule has 5 heteroatoms. The van der Waals surface area contributed by atoms with Gasteiger partial charge in [-0.15, -0.1) is 0 Å². The number of likely N-dealkylation sites (N-methyl/N-ethyl adjacent to an activating group) is 1. The Morgan fingerprint density at radius 2 is 2.18 bits per heavy atom. The molecule has 4 nitrogen and oxygen atoms in total. The van der Waals surface area contributed by atoms with E-state index in [2.05, 4.69) is 23.7 Å². The van der Waals surface area contributed by atoms with E-state index in [-0.39, 0.29) is 10.5 Å². The monoisotopic (exact) mass is 253 g/mol. The third-order valence-electron chi connectivity index (χ3n) is 2.80. The van der Waals surface area contributed by atoms with Gasteiger partial charge in [0.25, 0.3) is 0 Å². The van der Waals surface area contributed by atoms with E-state index in [1.165, 1.54) is 0 Å². The summed E-state index contributed by atoms with van der Waals surface area (Å²) in [6.45, 7) is 4.74. The maximum Gasteiger partial charge on any atom is 0.148 e. The highest BCUT2D eigenvalue weighted by Crippen LogP contribution is 2.18. The first-order valence-corrected chi connectivity index (χ1v) is 5.80. The zero-order chi connectivity index (χ0) is 13.1. The molecule has 1 heterocycles. The van der Waals surface area contributed by atoms with E-state index in [9.17, 15) is 0 Å². The summed E-state index contributed by atoms with van der Waals surface area (Å²) in [7, 11) is 4.03. The molecular weight excluding hydrogens is 234 g/mol. The van der Waals surface area contributed by atoms with Crippen LogP contribution in [0.5, 0.6) is 5.75 Å². The molecule has 1 aromatic heterocycles. The van der Waals surface area contributed by atoms with Crippen LogP contribution in [0.1, 0.15) is 19.5 Å². The number of thiocarbonyl (C=S) groups is 1. The zero-order valence-corrected chi connectivity index (χ0v) is 11.5. The highest BCUT2D eigenvalue weighted by Gasteiger charge is 2.22. The fourth-order valence-electron chi connectivity index (χ4n) is 1.08. The van der Waals surface area contributed by atoms with Crippen LogP contribution >= 0.6 is 12.2 Å². The van der Waals surface area contributed by atoms with Gasteiger partial charge in [-0.2, -0.15) is 0 Å². The van der Waals surface area contributed by atoms with Crippen LogP contribution in [-0.4, -0.2) is 41.1 Å². The summed E-state index contributed by atoms with van der Waals surface area (Å²) >= 11 is 4.93. The Morgan fingerprint density at radius 1 is 1.53 bits per heavy atom. The minimum Gasteiger partial charge on any atom is -0.489 e. The number of nitrogens with two attached hydrogens (primary N) is 1. The molecule has 0 aliphatic rings. The number of aromatic nitrogens is 1. The summed E-state index contributed by atoms with van der Waals surface area (Å²) in [6, 6.07) is 3.63. The Balaban J connectivity index is 2.79. The molecule has 94 valence electrons. The van der Waals surface area contributed by atoms with Gasteiger partial charge in [-0.05, 0) is 40.1 Å². The fourth-order valence-corrected chi connectivity index (χ4v) is 1.23. The average Bonchev–Trinajstić information content (AvgIpc) is 2.26. The van der Waals surface area contributed by atoms with Crippen LogP contribution in [0, 0.1) is 0 Å². The zero-order valence-electron chi connectivity index (χ0n) is 10.7. The van der Waals surface area contributed by atoms with Crippen molar-refractivity contribution in [2.75, 3.05) is 20.7 Å². The Kier molecular flexibility index (Phi) is 4.42. The molecule has 0 spiro atoms. The molecule has 0 saturated carbocycles. The van der Waals surface area contributed by atoms with Crippen molar-refractivity contribution in [3.05, 3.63) is 24.0 Å². The molecule has 0 fully saturated rings. The molecule has 0 radical (unpaired) electrons. The van der Waals surface area contributed by atoms with E-state index >= 15 is 0 Å². The van der Waals surface area contributed by atoms with Crippen molar-refractivity contribution in [2.45, 2.75) is 19.4 Å². The smallest absolute Gasteiger partial charge is 0.148 e. The van der Waals surface area contributed by atoms with Crippen LogP contribution in [0.25, 0.3) is 0 Å². The van der Waals surface area contributed by atoms with Gasteiger partial charge in [-0.3, -0.25) is 0 Å². The van der Waals surface area contributed by atoms with Crippen LogP contribution in [0.15, 0.2) is 18.3 Å². The molecule has 0 atom stereocenters. The van der Waals surface area contributed by atoms with E-state index in [0.29, 0.717) is 18.1 Å². The van der Waals surface area contributed by atoms with Crippen LogP contribution in [0.2, 0.25) is 0 Å². The molecule has 0 bridgehead atoms. The van der Waals surface area contributed by atoms with E-state index < -0.39 is 0 Å². The van der Waals surface area contributed by atoms with Gasteiger partial charge < -0.3 is 15.4 Å². The number of hydrogen-bond acceptors (Lipinski definition) is 4. The predicted octanol–water partition coefficient (Wildman–Crippen LogP) is 1.43. The van der Waals surface area contributed by atoms with Gasteiger partial charge >= 0.3 is 0 Å². The van der Waals surface area contributed by atoms with Crippen molar-refractivity contribution in [2.24, 2.45) is 5.73 Å². The normalized spacial score (nSPS) is 11.6. The molecule has 0 aliphatic carbocycles. The number of rotatable bonds is 5. The molecule has 1 aromatic rings. The number of hydrogen-bond donors (Lipinski definition) is 1. The first-order valence-electron chi connectivity index (χ1n) is 5.39. The lowest BCUT2D eigenvalue weighted by atomic mass is 10.1. The number of ether oxygens (including phenoxy) is 1. The van der Waals surface area contributed by atoms with Crippen LogP contribution in [0.3, 0.4) is 0 Å². The number of nitrogens with zero attached hydrogens (tertiary/aromatic N) is 2. The SMILES string of the molecule is CN(C)C(C)(C)COc1cccnc1C(N)=S. The van der Waals surface area contributed by atoms with Crippen molar-refractivity contribution in [3.63, 3.8) is 0 Å². The van der Waals surface area contributed by atoms with Gasteiger partial charge in [-0.25, -0.2) is 4.98 Å². The first kappa shape index (κ1) is 13.9. The molecule has 0 aromatic carbocycles. The second kappa shape index (κ2) is 5.42. The van der Waals surface area contributed by atoms with E-state index in [0.717, 1.165) is 0 Å². The summed E-state index contributed by atoms with van der Waals surface area (Å²) in [5, 5.41) is 0. The Hall–Kier alpha value is -1.20.